The minimum absolute atomic E-state index is 0.121. The Kier molecular flexibility index (Phi) is 6.07. The largest absolute Gasteiger partial charge is 0.376 e. The molecular formula is C14H27N3O2. The molecule has 110 valence electrons. The number of ether oxygens (including phenoxy) is 1. The minimum Gasteiger partial charge on any atom is -0.376 e. The van der Waals surface area contributed by atoms with Gasteiger partial charge in [0.25, 0.3) is 0 Å². The molecule has 2 rings (SSSR count). The second-order valence-electron chi connectivity index (χ2n) is 5.69. The summed E-state index contributed by atoms with van der Waals surface area (Å²) in [5, 5.41) is 6.35. The molecule has 1 amide bonds. The van der Waals surface area contributed by atoms with Gasteiger partial charge in [-0.05, 0) is 52.2 Å². The third kappa shape index (κ3) is 5.09. The van der Waals surface area contributed by atoms with Crippen LogP contribution in [0.15, 0.2) is 0 Å². The van der Waals surface area contributed by atoms with E-state index in [4.69, 9.17) is 4.74 Å². The fourth-order valence-electron chi connectivity index (χ4n) is 2.86. The van der Waals surface area contributed by atoms with Crippen molar-refractivity contribution in [1.82, 2.24) is 15.5 Å². The van der Waals surface area contributed by atoms with Crippen molar-refractivity contribution in [3.63, 3.8) is 0 Å². The minimum atomic E-state index is 0.121. The Balaban J connectivity index is 1.62. The van der Waals surface area contributed by atoms with E-state index in [9.17, 15) is 4.79 Å². The lowest BCUT2D eigenvalue weighted by Crippen LogP contribution is -2.46. The van der Waals surface area contributed by atoms with Gasteiger partial charge in [0.15, 0.2) is 0 Å². The lowest BCUT2D eigenvalue weighted by Gasteiger charge is -2.31. The number of hydrogen-bond donors (Lipinski definition) is 2. The molecule has 2 fully saturated rings. The highest BCUT2D eigenvalue weighted by molar-refractivity contribution is 5.78. The third-order valence-corrected chi connectivity index (χ3v) is 4.13. The van der Waals surface area contributed by atoms with Gasteiger partial charge in [0.2, 0.25) is 5.91 Å². The summed E-state index contributed by atoms with van der Waals surface area (Å²) in [7, 11) is 2.05. The number of piperidine rings is 1. The molecule has 0 saturated carbocycles. The number of nitrogens with one attached hydrogen (secondary N) is 2. The molecule has 2 aliphatic heterocycles. The van der Waals surface area contributed by atoms with Crippen molar-refractivity contribution in [2.24, 2.45) is 0 Å². The molecule has 0 aromatic carbocycles. The van der Waals surface area contributed by atoms with E-state index >= 15 is 0 Å². The predicted molar refractivity (Wildman–Crippen MR) is 75.1 cm³/mol. The van der Waals surface area contributed by atoms with E-state index in [-0.39, 0.29) is 12.0 Å². The zero-order valence-corrected chi connectivity index (χ0v) is 12.0. The van der Waals surface area contributed by atoms with Crippen LogP contribution in [0.4, 0.5) is 0 Å². The maximum Gasteiger partial charge on any atom is 0.234 e. The summed E-state index contributed by atoms with van der Waals surface area (Å²) >= 11 is 0. The second kappa shape index (κ2) is 7.82. The van der Waals surface area contributed by atoms with E-state index in [0.29, 0.717) is 19.1 Å². The zero-order chi connectivity index (χ0) is 13.5. The summed E-state index contributed by atoms with van der Waals surface area (Å²) in [5.74, 6) is 0.121. The van der Waals surface area contributed by atoms with Crippen LogP contribution in [0.25, 0.3) is 0 Å². The molecule has 0 aromatic heterocycles. The highest BCUT2D eigenvalue weighted by atomic mass is 16.5. The van der Waals surface area contributed by atoms with E-state index in [1.54, 1.807) is 0 Å². The first-order valence-electron chi connectivity index (χ1n) is 7.55. The van der Waals surface area contributed by atoms with Gasteiger partial charge in [-0.15, -0.1) is 0 Å². The maximum absolute atomic E-state index is 11.9. The summed E-state index contributed by atoms with van der Waals surface area (Å²) < 4.78 is 5.61. The van der Waals surface area contributed by atoms with Gasteiger partial charge < -0.3 is 15.4 Å². The first-order valence-corrected chi connectivity index (χ1v) is 7.55. The van der Waals surface area contributed by atoms with Crippen molar-refractivity contribution in [2.45, 2.75) is 44.2 Å². The Hall–Kier alpha value is -0.650. The molecule has 0 bridgehead atoms. The van der Waals surface area contributed by atoms with Gasteiger partial charge in [-0.25, -0.2) is 0 Å². The Morgan fingerprint density at radius 3 is 2.79 bits per heavy atom. The summed E-state index contributed by atoms with van der Waals surface area (Å²) in [6.07, 6.45) is 5.94. The van der Waals surface area contributed by atoms with Gasteiger partial charge in [-0.2, -0.15) is 0 Å². The summed E-state index contributed by atoms with van der Waals surface area (Å²) in [4.78, 5) is 14.1. The van der Waals surface area contributed by atoms with Gasteiger partial charge in [-0.3, -0.25) is 9.69 Å². The molecule has 5 heteroatoms. The lowest BCUT2D eigenvalue weighted by molar-refractivity contribution is -0.123. The average Bonchev–Trinajstić information content (AvgIpc) is 2.47. The Bertz CT molecular complexity index is 274. The van der Waals surface area contributed by atoms with Gasteiger partial charge in [0.1, 0.15) is 0 Å². The van der Waals surface area contributed by atoms with Crippen LogP contribution in [-0.4, -0.2) is 62.8 Å². The third-order valence-electron chi connectivity index (χ3n) is 4.13. The first kappa shape index (κ1) is 14.8. The molecule has 5 nitrogen and oxygen atoms in total. The van der Waals surface area contributed by atoms with Gasteiger partial charge in [0, 0.05) is 19.2 Å². The second-order valence-corrected chi connectivity index (χ2v) is 5.69. The van der Waals surface area contributed by atoms with E-state index in [1.165, 1.54) is 6.42 Å². The van der Waals surface area contributed by atoms with Crippen LogP contribution in [0, 0.1) is 0 Å². The molecule has 0 radical (unpaired) electrons. The molecule has 2 saturated heterocycles. The van der Waals surface area contributed by atoms with Crippen LogP contribution in [0.3, 0.4) is 0 Å². The monoisotopic (exact) mass is 269 g/mol. The van der Waals surface area contributed by atoms with Crippen molar-refractivity contribution in [3.8, 4) is 0 Å². The normalized spacial score (nSPS) is 25.5. The molecule has 2 aliphatic rings. The highest BCUT2D eigenvalue weighted by Gasteiger charge is 2.20. The van der Waals surface area contributed by atoms with Crippen molar-refractivity contribution in [3.05, 3.63) is 0 Å². The van der Waals surface area contributed by atoms with Gasteiger partial charge >= 0.3 is 0 Å². The van der Waals surface area contributed by atoms with Gasteiger partial charge in [0.05, 0.1) is 12.6 Å². The molecular weight excluding hydrogens is 242 g/mol. The van der Waals surface area contributed by atoms with E-state index in [2.05, 4.69) is 15.5 Å². The SMILES string of the molecule is CN(CC(=O)NC[C@H]1CCCCO1)C1CCNCC1. The number of amides is 1. The van der Waals surface area contributed by atoms with Crippen LogP contribution in [0.5, 0.6) is 0 Å². The quantitative estimate of drug-likeness (QED) is 0.756. The van der Waals surface area contributed by atoms with Crippen molar-refractivity contribution < 1.29 is 9.53 Å². The van der Waals surface area contributed by atoms with Crippen LogP contribution < -0.4 is 10.6 Å². The lowest BCUT2D eigenvalue weighted by atomic mass is 10.1. The van der Waals surface area contributed by atoms with Crippen LogP contribution in [0.2, 0.25) is 0 Å². The summed E-state index contributed by atoms with van der Waals surface area (Å²) in [6, 6.07) is 0.540. The Labute approximate surface area is 116 Å². The fraction of sp³-hybridized carbons (Fsp3) is 0.929. The number of likely N-dealkylation sites (N-methyl/N-ethyl adjacent to an activating group) is 1. The molecule has 0 spiro atoms. The van der Waals surface area contributed by atoms with E-state index in [1.807, 2.05) is 7.05 Å². The van der Waals surface area contributed by atoms with Crippen LogP contribution in [-0.2, 0) is 9.53 Å². The Morgan fingerprint density at radius 2 is 2.11 bits per heavy atom. The number of rotatable bonds is 5. The number of carbonyl (C=O) groups excluding carboxylic acids is 1. The van der Waals surface area contributed by atoms with E-state index in [0.717, 1.165) is 45.4 Å². The fourth-order valence-corrected chi connectivity index (χ4v) is 2.86. The average molecular weight is 269 g/mol. The van der Waals surface area contributed by atoms with Crippen molar-refractivity contribution in [2.75, 3.05) is 39.8 Å². The predicted octanol–water partition coefficient (Wildman–Crippen LogP) is 0.356. The zero-order valence-electron chi connectivity index (χ0n) is 12.0. The molecule has 0 aromatic rings. The summed E-state index contributed by atoms with van der Waals surface area (Å²) in [5.41, 5.74) is 0. The molecule has 2 N–H and O–H groups in total. The molecule has 2 heterocycles. The number of hydrogen-bond acceptors (Lipinski definition) is 4. The molecule has 0 aliphatic carbocycles. The Morgan fingerprint density at radius 1 is 1.32 bits per heavy atom. The molecule has 0 unspecified atom stereocenters. The van der Waals surface area contributed by atoms with Crippen LogP contribution in [0.1, 0.15) is 32.1 Å². The van der Waals surface area contributed by atoms with Crippen molar-refractivity contribution in [1.29, 1.82) is 0 Å². The standard InChI is InChI=1S/C14H27N3O2/c1-17(12-5-7-15-8-6-12)11-14(18)16-10-13-4-2-3-9-19-13/h12-13,15H,2-11H2,1H3,(H,16,18)/t13-/m1/s1. The topological polar surface area (TPSA) is 53.6 Å². The van der Waals surface area contributed by atoms with Crippen LogP contribution >= 0.6 is 0 Å². The first-order chi connectivity index (χ1) is 9.25. The summed E-state index contributed by atoms with van der Waals surface area (Å²) in [6.45, 7) is 4.13. The smallest absolute Gasteiger partial charge is 0.234 e. The van der Waals surface area contributed by atoms with Gasteiger partial charge in [-0.1, -0.05) is 0 Å². The maximum atomic E-state index is 11.9. The van der Waals surface area contributed by atoms with Crippen molar-refractivity contribution >= 4 is 5.91 Å². The molecule has 19 heavy (non-hydrogen) atoms. The number of nitrogens with zero attached hydrogens (tertiary/aromatic N) is 1. The van der Waals surface area contributed by atoms with E-state index < -0.39 is 0 Å². The molecule has 1 atom stereocenters. The highest BCUT2D eigenvalue weighted by Crippen LogP contribution is 2.12. The number of carbonyl (C=O) groups is 1.